The topological polar surface area (TPSA) is 53.6 Å². The van der Waals surface area contributed by atoms with Crippen molar-refractivity contribution in [2.24, 2.45) is 0 Å². The molecule has 4 rings (SSSR count). The van der Waals surface area contributed by atoms with Gasteiger partial charge in [0.2, 0.25) is 0 Å². The van der Waals surface area contributed by atoms with Gasteiger partial charge in [0.25, 0.3) is 0 Å². The number of aromatic nitrogens is 3. The van der Waals surface area contributed by atoms with Crippen molar-refractivity contribution in [2.75, 3.05) is 5.32 Å². The molecule has 2 heterocycles. The predicted octanol–water partition coefficient (Wildman–Crippen LogP) is 5.24. The Labute approximate surface area is 147 Å². The number of aromatic amines is 1. The average molecular weight is 328 g/mol. The summed E-state index contributed by atoms with van der Waals surface area (Å²) in [6.45, 7) is 4.19. The van der Waals surface area contributed by atoms with Crippen LogP contribution >= 0.6 is 0 Å². The first-order valence-electron chi connectivity index (χ1n) is 8.51. The molecule has 4 heteroatoms. The third-order valence-corrected chi connectivity index (χ3v) is 4.28. The maximum atomic E-state index is 4.78. The van der Waals surface area contributed by atoms with Gasteiger partial charge in [0.05, 0.1) is 5.39 Å². The zero-order valence-corrected chi connectivity index (χ0v) is 14.4. The van der Waals surface area contributed by atoms with Crippen LogP contribution in [0.15, 0.2) is 60.7 Å². The minimum atomic E-state index is 0.711. The second-order valence-electron chi connectivity index (χ2n) is 6.15. The van der Waals surface area contributed by atoms with Crippen LogP contribution in [0.1, 0.15) is 18.2 Å². The van der Waals surface area contributed by atoms with Gasteiger partial charge in [-0.25, -0.2) is 9.97 Å². The largest absolute Gasteiger partial charge is 0.343 e. The van der Waals surface area contributed by atoms with Gasteiger partial charge in [-0.15, -0.1) is 0 Å². The number of hydrogen-bond donors (Lipinski definition) is 2. The van der Waals surface area contributed by atoms with Gasteiger partial charge in [-0.2, -0.15) is 0 Å². The summed E-state index contributed by atoms with van der Waals surface area (Å²) in [5, 5.41) is 4.45. The molecular weight excluding hydrogens is 308 g/mol. The highest BCUT2D eigenvalue weighted by molar-refractivity contribution is 5.91. The van der Waals surface area contributed by atoms with Crippen molar-refractivity contribution in [3.63, 3.8) is 0 Å². The molecule has 0 radical (unpaired) electrons. The van der Waals surface area contributed by atoms with Crippen molar-refractivity contribution in [3.8, 4) is 11.4 Å². The second-order valence-corrected chi connectivity index (χ2v) is 6.15. The number of nitrogens with zero attached hydrogens (tertiary/aromatic N) is 2. The summed E-state index contributed by atoms with van der Waals surface area (Å²) in [5.41, 5.74) is 5.26. The molecule has 2 aromatic heterocycles. The number of hydrogen-bond acceptors (Lipinski definition) is 3. The second kappa shape index (κ2) is 6.40. The van der Waals surface area contributed by atoms with Crippen molar-refractivity contribution in [2.45, 2.75) is 20.3 Å². The lowest BCUT2D eigenvalue weighted by Crippen LogP contribution is -1.98. The summed E-state index contributed by atoms with van der Waals surface area (Å²) in [4.78, 5) is 12.8. The van der Waals surface area contributed by atoms with Gasteiger partial charge < -0.3 is 10.3 Å². The van der Waals surface area contributed by atoms with Gasteiger partial charge >= 0.3 is 0 Å². The van der Waals surface area contributed by atoms with Crippen LogP contribution in [0.5, 0.6) is 0 Å². The number of aryl methyl sites for hydroxylation is 2. The molecule has 0 saturated heterocycles. The summed E-state index contributed by atoms with van der Waals surface area (Å²) in [5.74, 6) is 1.53. The van der Waals surface area contributed by atoms with E-state index < -0.39 is 0 Å². The third kappa shape index (κ3) is 3.11. The van der Waals surface area contributed by atoms with Crippen LogP contribution in [-0.4, -0.2) is 15.0 Å². The molecule has 0 aliphatic heterocycles. The zero-order valence-electron chi connectivity index (χ0n) is 14.4. The normalized spacial score (nSPS) is 11.0. The molecule has 4 aromatic rings. The highest BCUT2D eigenvalue weighted by Crippen LogP contribution is 2.28. The van der Waals surface area contributed by atoms with E-state index in [-0.39, 0.29) is 0 Å². The average Bonchev–Trinajstić information content (AvgIpc) is 3.03. The van der Waals surface area contributed by atoms with Gasteiger partial charge in [0.15, 0.2) is 5.82 Å². The van der Waals surface area contributed by atoms with Crippen LogP contribution in [-0.2, 0) is 6.42 Å². The molecule has 2 N–H and O–H groups in total. The SMILES string of the molecule is CCc1ccc(Nc2nc(-c3ccccc3)nc3[nH]c(C)cc23)cc1. The van der Waals surface area contributed by atoms with Crippen LogP contribution in [0.2, 0.25) is 0 Å². The molecule has 25 heavy (non-hydrogen) atoms. The van der Waals surface area contributed by atoms with Crippen molar-refractivity contribution < 1.29 is 0 Å². The number of nitrogens with one attached hydrogen (secondary N) is 2. The van der Waals surface area contributed by atoms with Crippen LogP contribution < -0.4 is 5.32 Å². The number of H-pyrrole nitrogens is 1. The third-order valence-electron chi connectivity index (χ3n) is 4.28. The lowest BCUT2D eigenvalue weighted by molar-refractivity contribution is 1.14. The first-order chi connectivity index (χ1) is 12.2. The smallest absolute Gasteiger partial charge is 0.163 e. The Kier molecular flexibility index (Phi) is 3.94. The number of fused-ring (bicyclic) bond motifs is 1. The predicted molar refractivity (Wildman–Crippen MR) is 103 cm³/mol. The molecule has 4 nitrogen and oxygen atoms in total. The van der Waals surface area contributed by atoms with Gasteiger partial charge in [0, 0.05) is 16.9 Å². The molecule has 0 saturated carbocycles. The van der Waals surface area contributed by atoms with Gasteiger partial charge in [-0.3, -0.25) is 0 Å². The van der Waals surface area contributed by atoms with Crippen LogP contribution in [0, 0.1) is 6.92 Å². The Morgan fingerprint density at radius 2 is 1.72 bits per heavy atom. The van der Waals surface area contributed by atoms with Gasteiger partial charge in [-0.05, 0) is 37.1 Å². The summed E-state index contributed by atoms with van der Waals surface area (Å²) in [6.07, 6.45) is 1.03. The summed E-state index contributed by atoms with van der Waals surface area (Å²) in [7, 11) is 0. The fraction of sp³-hybridized carbons (Fsp3) is 0.143. The Morgan fingerprint density at radius 1 is 0.960 bits per heavy atom. The number of anilines is 2. The van der Waals surface area contributed by atoms with Crippen molar-refractivity contribution in [1.82, 2.24) is 15.0 Å². The lowest BCUT2D eigenvalue weighted by Gasteiger charge is -2.09. The Morgan fingerprint density at radius 3 is 2.44 bits per heavy atom. The minimum Gasteiger partial charge on any atom is -0.343 e. The highest BCUT2D eigenvalue weighted by Gasteiger charge is 2.11. The van der Waals surface area contributed by atoms with E-state index in [4.69, 9.17) is 4.98 Å². The minimum absolute atomic E-state index is 0.711. The summed E-state index contributed by atoms with van der Waals surface area (Å²) >= 11 is 0. The van der Waals surface area contributed by atoms with Crippen LogP contribution in [0.3, 0.4) is 0 Å². The zero-order chi connectivity index (χ0) is 17.2. The van der Waals surface area contributed by atoms with Crippen LogP contribution in [0.25, 0.3) is 22.4 Å². The quantitative estimate of drug-likeness (QED) is 0.538. The molecule has 0 fully saturated rings. The molecular formula is C21H20N4. The van der Waals surface area contributed by atoms with E-state index in [1.54, 1.807) is 0 Å². The highest BCUT2D eigenvalue weighted by atomic mass is 15.1. The molecule has 0 aliphatic carbocycles. The van der Waals surface area contributed by atoms with Crippen molar-refractivity contribution in [1.29, 1.82) is 0 Å². The summed E-state index contributed by atoms with van der Waals surface area (Å²) in [6, 6.07) is 20.6. The maximum absolute atomic E-state index is 4.78. The van der Waals surface area contributed by atoms with E-state index >= 15 is 0 Å². The van der Waals surface area contributed by atoms with Crippen LogP contribution in [0.4, 0.5) is 11.5 Å². The first-order valence-corrected chi connectivity index (χ1v) is 8.51. The molecule has 0 atom stereocenters. The van der Waals surface area contributed by atoms with E-state index in [1.807, 2.05) is 37.3 Å². The molecule has 0 aliphatic rings. The van der Waals surface area contributed by atoms with Crippen molar-refractivity contribution >= 4 is 22.5 Å². The standard InChI is InChI=1S/C21H20N4/c1-3-15-9-11-17(12-10-15)23-21-18-13-14(2)22-20(18)24-19(25-21)16-7-5-4-6-8-16/h4-13H,3H2,1-2H3,(H2,22,23,24,25). The molecule has 0 amide bonds. The Balaban J connectivity index is 1.80. The maximum Gasteiger partial charge on any atom is 0.163 e. The summed E-state index contributed by atoms with van der Waals surface area (Å²) < 4.78 is 0. The monoisotopic (exact) mass is 328 g/mol. The Bertz CT molecular complexity index is 1000. The molecule has 124 valence electrons. The van der Waals surface area contributed by atoms with E-state index in [0.717, 1.165) is 40.2 Å². The molecule has 2 aromatic carbocycles. The first kappa shape index (κ1) is 15.4. The van der Waals surface area contributed by atoms with E-state index in [0.29, 0.717) is 5.82 Å². The molecule has 0 bridgehead atoms. The van der Waals surface area contributed by atoms with Gasteiger partial charge in [0.1, 0.15) is 11.5 Å². The fourth-order valence-corrected chi connectivity index (χ4v) is 2.91. The van der Waals surface area contributed by atoms with E-state index in [9.17, 15) is 0 Å². The molecule has 0 unspecified atom stereocenters. The van der Waals surface area contributed by atoms with E-state index in [2.05, 4.69) is 52.5 Å². The number of benzene rings is 2. The molecule has 0 spiro atoms. The lowest BCUT2D eigenvalue weighted by atomic mass is 10.1. The Hall–Kier alpha value is -3.14. The van der Waals surface area contributed by atoms with Crippen molar-refractivity contribution in [3.05, 3.63) is 71.9 Å². The van der Waals surface area contributed by atoms with E-state index in [1.165, 1.54) is 5.56 Å². The number of rotatable bonds is 4. The fourth-order valence-electron chi connectivity index (χ4n) is 2.91. The van der Waals surface area contributed by atoms with Gasteiger partial charge in [-0.1, -0.05) is 49.4 Å².